The Morgan fingerprint density at radius 2 is 1.62 bits per heavy atom. The molecule has 0 radical (unpaired) electrons. The highest BCUT2D eigenvalue weighted by molar-refractivity contribution is 9.10. The summed E-state index contributed by atoms with van der Waals surface area (Å²) in [5, 5.41) is 8.41. The lowest BCUT2D eigenvalue weighted by Crippen LogP contribution is -2.28. The summed E-state index contributed by atoms with van der Waals surface area (Å²) < 4.78 is 5.70. The van der Waals surface area contributed by atoms with E-state index in [2.05, 4.69) is 31.9 Å². The molecule has 3 aromatic rings. The third-order valence-corrected chi connectivity index (χ3v) is 4.92. The standard InChI is InChI=1S/C24H24BrN3O4/c1-15(2)14-26-23(30)18-5-3-4-6-19(18)28-22(29)13-16-7-9-17(10-8-16)27-24(31)20-11-12-21(25)32-20/h3-12,15H,13-14H2,1-2H3,(H,26,30)(H,27,31)(H,28,29). The third kappa shape index (κ3) is 6.55. The molecule has 1 aromatic heterocycles. The minimum absolute atomic E-state index is 0.126. The van der Waals surface area contributed by atoms with Crippen LogP contribution in [0.1, 0.15) is 40.3 Å². The average Bonchev–Trinajstić information content (AvgIpc) is 3.20. The molecule has 0 spiro atoms. The predicted octanol–water partition coefficient (Wildman–Crippen LogP) is 4.86. The number of nitrogens with one attached hydrogen (secondary N) is 3. The SMILES string of the molecule is CC(C)CNC(=O)c1ccccc1NC(=O)Cc1ccc(NC(=O)c2ccc(Br)o2)cc1. The van der Waals surface area contributed by atoms with Gasteiger partial charge in [0, 0.05) is 12.2 Å². The lowest BCUT2D eigenvalue weighted by Gasteiger charge is -2.12. The normalized spacial score (nSPS) is 10.6. The molecular formula is C24H24BrN3O4. The maximum Gasteiger partial charge on any atom is 0.291 e. The van der Waals surface area contributed by atoms with Gasteiger partial charge in [-0.15, -0.1) is 0 Å². The number of para-hydroxylation sites is 1. The van der Waals surface area contributed by atoms with Gasteiger partial charge in [0.1, 0.15) is 0 Å². The molecule has 0 aliphatic carbocycles. The van der Waals surface area contributed by atoms with Crippen LogP contribution < -0.4 is 16.0 Å². The molecular weight excluding hydrogens is 474 g/mol. The van der Waals surface area contributed by atoms with Crippen LogP contribution in [0.4, 0.5) is 11.4 Å². The first-order chi connectivity index (χ1) is 15.3. The van der Waals surface area contributed by atoms with Gasteiger partial charge >= 0.3 is 0 Å². The van der Waals surface area contributed by atoms with Crippen LogP contribution in [0.5, 0.6) is 0 Å². The molecule has 0 aliphatic rings. The average molecular weight is 498 g/mol. The molecule has 2 aromatic carbocycles. The summed E-state index contributed by atoms with van der Waals surface area (Å²) in [5.41, 5.74) is 2.23. The van der Waals surface area contributed by atoms with Crippen LogP contribution in [0.3, 0.4) is 0 Å². The van der Waals surface area contributed by atoms with E-state index in [9.17, 15) is 14.4 Å². The van der Waals surface area contributed by atoms with Crippen LogP contribution in [-0.4, -0.2) is 24.3 Å². The zero-order valence-corrected chi connectivity index (χ0v) is 19.4. The Hall–Kier alpha value is -3.39. The second-order valence-electron chi connectivity index (χ2n) is 7.63. The van der Waals surface area contributed by atoms with Gasteiger partial charge < -0.3 is 20.4 Å². The zero-order valence-electron chi connectivity index (χ0n) is 17.8. The fourth-order valence-corrected chi connectivity index (χ4v) is 3.20. The number of rotatable bonds is 8. The van der Waals surface area contributed by atoms with Gasteiger partial charge in [-0.2, -0.15) is 0 Å². The summed E-state index contributed by atoms with van der Waals surface area (Å²) in [6.07, 6.45) is 0.126. The van der Waals surface area contributed by atoms with E-state index in [1.807, 2.05) is 13.8 Å². The van der Waals surface area contributed by atoms with Crippen LogP contribution in [0.2, 0.25) is 0 Å². The molecule has 0 saturated carbocycles. The highest BCUT2D eigenvalue weighted by Gasteiger charge is 2.14. The van der Waals surface area contributed by atoms with E-state index in [4.69, 9.17) is 4.42 Å². The van der Waals surface area contributed by atoms with Gasteiger partial charge in [-0.05, 0) is 63.8 Å². The Bertz CT molecular complexity index is 1110. The first-order valence-corrected chi connectivity index (χ1v) is 10.9. The Kier molecular flexibility index (Phi) is 7.83. The third-order valence-electron chi connectivity index (χ3n) is 4.49. The summed E-state index contributed by atoms with van der Waals surface area (Å²) >= 11 is 3.16. The minimum Gasteiger partial charge on any atom is -0.444 e. The summed E-state index contributed by atoms with van der Waals surface area (Å²) in [4.78, 5) is 37.1. The first kappa shape index (κ1) is 23.3. The van der Waals surface area contributed by atoms with E-state index in [0.29, 0.717) is 34.1 Å². The van der Waals surface area contributed by atoms with Crippen molar-refractivity contribution in [3.05, 3.63) is 82.2 Å². The van der Waals surface area contributed by atoms with Gasteiger partial charge in [0.25, 0.3) is 11.8 Å². The Morgan fingerprint density at radius 1 is 0.906 bits per heavy atom. The Balaban J connectivity index is 1.58. The van der Waals surface area contributed by atoms with Crippen LogP contribution in [-0.2, 0) is 11.2 Å². The Labute approximate surface area is 194 Å². The number of hydrogen-bond acceptors (Lipinski definition) is 4. The van der Waals surface area contributed by atoms with Gasteiger partial charge in [-0.1, -0.05) is 38.1 Å². The highest BCUT2D eigenvalue weighted by atomic mass is 79.9. The molecule has 3 N–H and O–H groups in total. The molecule has 0 unspecified atom stereocenters. The van der Waals surface area contributed by atoms with Crippen LogP contribution in [0.15, 0.2) is 69.8 Å². The van der Waals surface area contributed by atoms with Crippen molar-refractivity contribution in [2.24, 2.45) is 5.92 Å². The smallest absolute Gasteiger partial charge is 0.291 e. The largest absolute Gasteiger partial charge is 0.444 e. The van der Waals surface area contributed by atoms with Crippen molar-refractivity contribution in [2.75, 3.05) is 17.2 Å². The Morgan fingerprint density at radius 3 is 2.28 bits per heavy atom. The monoisotopic (exact) mass is 497 g/mol. The number of furan rings is 1. The maximum absolute atomic E-state index is 12.5. The second kappa shape index (κ2) is 10.8. The van der Waals surface area contributed by atoms with Crippen LogP contribution in [0.25, 0.3) is 0 Å². The van der Waals surface area contributed by atoms with Crippen molar-refractivity contribution in [3.8, 4) is 0 Å². The van der Waals surface area contributed by atoms with E-state index in [1.54, 1.807) is 60.7 Å². The summed E-state index contributed by atoms with van der Waals surface area (Å²) in [6, 6.07) is 17.1. The molecule has 0 atom stereocenters. The van der Waals surface area contributed by atoms with E-state index in [-0.39, 0.29) is 29.9 Å². The maximum atomic E-state index is 12.5. The van der Waals surface area contributed by atoms with Crippen molar-refractivity contribution in [1.29, 1.82) is 0 Å². The summed E-state index contributed by atoms with van der Waals surface area (Å²) in [6.45, 7) is 4.59. The van der Waals surface area contributed by atoms with Crippen molar-refractivity contribution >= 4 is 45.0 Å². The highest BCUT2D eigenvalue weighted by Crippen LogP contribution is 2.18. The first-order valence-electron chi connectivity index (χ1n) is 10.1. The molecule has 0 aliphatic heterocycles. The van der Waals surface area contributed by atoms with E-state index < -0.39 is 0 Å². The summed E-state index contributed by atoms with van der Waals surface area (Å²) in [7, 11) is 0. The number of halogens is 1. The van der Waals surface area contributed by atoms with E-state index in [1.165, 1.54) is 0 Å². The lowest BCUT2D eigenvalue weighted by atomic mass is 10.1. The van der Waals surface area contributed by atoms with Crippen molar-refractivity contribution in [3.63, 3.8) is 0 Å². The predicted molar refractivity (Wildman–Crippen MR) is 127 cm³/mol. The van der Waals surface area contributed by atoms with Gasteiger partial charge in [0.15, 0.2) is 10.4 Å². The van der Waals surface area contributed by atoms with Gasteiger partial charge in [-0.3, -0.25) is 14.4 Å². The van der Waals surface area contributed by atoms with Gasteiger partial charge in [0.2, 0.25) is 5.91 Å². The quantitative estimate of drug-likeness (QED) is 0.413. The van der Waals surface area contributed by atoms with Gasteiger partial charge in [-0.25, -0.2) is 0 Å². The molecule has 3 amide bonds. The lowest BCUT2D eigenvalue weighted by molar-refractivity contribution is -0.115. The van der Waals surface area contributed by atoms with Crippen LogP contribution in [0, 0.1) is 5.92 Å². The second-order valence-corrected chi connectivity index (χ2v) is 8.41. The number of benzene rings is 2. The number of carbonyl (C=O) groups is 3. The molecule has 166 valence electrons. The number of anilines is 2. The number of amides is 3. The topological polar surface area (TPSA) is 100 Å². The molecule has 3 rings (SSSR count). The fourth-order valence-electron chi connectivity index (χ4n) is 2.90. The number of carbonyl (C=O) groups excluding carboxylic acids is 3. The van der Waals surface area contributed by atoms with Crippen LogP contribution >= 0.6 is 15.9 Å². The molecule has 32 heavy (non-hydrogen) atoms. The summed E-state index contributed by atoms with van der Waals surface area (Å²) in [5.74, 6) is -0.316. The fraction of sp³-hybridized carbons (Fsp3) is 0.208. The van der Waals surface area contributed by atoms with Gasteiger partial charge in [0.05, 0.1) is 17.7 Å². The van der Waals surface area contributed by atoms with Crippen molar-refractivity contribution in [1.82, 2.24) is 5.32 Å². The zero-order chi connectivity index (χ0) is 23.1. The van der Waals surface area contributed by atoms with Crippen molar-refractivity contribution < 1.29 is 18.8 Å². The molecule has 0 bridgehead atoms. The number of hydrogen-bond donors (Lipinski definition) is 3. The molecule has 1 heterocycles. The molecule has 8 heteroatoms. The van der Waals surface area contributed by atoms with E-state index in [0.717, 1.165) is 5.56 Å². The molecule has 0 saturated heterocycles. The molecule has 7 nitrogen and oxygen atoms in total. The minimum atomic E-state index is -0.367. The van der Waals surface area contributed by atoms with E-state index >= 15 is 0 Å². The molecule has 0 fully saturated rings. The van der Waals surface area contributed by atoms with Crippen molar-refractivity contribution in [2.45, 2.75) is 20.3 Å².